The number of methoxy groups -OCH3 is 1. The molecule has 6 nitrogen and oxygen atoms in total. The van der Waals surface area contributed by atoms with Gasteiger partial charge < -0.3 is 9.47 Å². The van der Waals surface area contributed by atoms with Crippen LogP contribution in [0.3, 0.4) is 0 Å². The van der Waals surface area contributed by atoms with Gasteiger partial charge in [0.2, 0.25) is 0 Å². The van der Waals surface area contributed by atoms with Gasteiger partial charge in [-0.15, -0.1) is 5.10 Å². The second kappa shape index (κ2) is 7.33. The quantitative estimate of drug-likeness (QED) is 0.594. The SMILES string of the molecule is CCc1nnsc1C(=O)OCC(=O)c1ccc(OC)c(Cl)c1. The van der Waals surface area contributed by atoms with Gasteiger partial charge in [0.1, 0.15) is 5.75 Å². The van der Waals surface area contributed by atoms with E-state index in [1.807, 2.05) is 6.92 Å². The van der Waals surface area contributed by atoms with Crippen molar-refractivity contribution in [2.24, 2.45) is 0 Å². The molecular weight excluding hydrogens is 328 g/mol. The Morgan fingerprint density at radius 1 is 1.36 bits per heavy atom. The fourth-order valence-corrected chi connectivity index (χ4v) is 2.62. The van der Waals surface area contributed by atoms with Crippen LogP contribution < -0.4 is 4.74 Å². The third kappa shape index (κ3) is 3.61. The molecule has 1 aromatic heterocycles. The van der Waals surface area contributed by atoms with E-state index in [0.717, 1.165) is 11.5 Å². The van der Waals surface area contributed by atoms with Gasteiger partial charge in [0, 0.05) is 5.56 Å². The second-order valence-corrected chi connectivity index (χ2v) is 5.41. The van der Waals surface area contributed by atoms with Crippen molar-refractivity contribution in [2.75, 3.05) is 13.7 Å². The fourth-order valence-electron chi connectivity index (χ4n) is 1.71. The standard InChI is InChI=1S/C14H13ClN2O4S/c1-3-10-13(22-17-16-10)14(19)21-7-11(18)8-4-5-12(20-2)9(15)6-8/h4-6H,3,7H2,1-2H3. The van der Waals surface area contributed by atoms with Crippen LogP contribution in [0.15, 0.2) is 18.2 Å². The predicted octanol–water partition coefficient (Wildman–Crippen LogP) is 2.80. The summed E-state index contributed by atoms with van der Waals surface area (Å²) in [6, 6.07) is 4.62. The maximum Gasteiger partial charge on any atom is 0.352 e. The highest BCUT2D eigenvalue weighted by molar-refractivity contribution is 7.07. The molecule has 116 valence electrons. The molecule has 0 aliphatic rings. The Kier molecular flexibility index (Phi) is 5.46. The van der Waals surface area contributed by atoms with E-state index in [2.05, 4.69) is 9.59 Å². The van der Waals surface area contributed by atoms with Crippen LogP contribution in [0.2, 0.25) is 5.02 Å². The number of carbonyl (C=O) groups excluding carboxylic acids is 2. The molecular formula is C14H13ClN2O4S. The van der Waals surface area contributed by atoms with Gasteiger partial charge in [-0.2, -0.15) is 0 Å². The number of ether oxygens (including phenoxy) is 2. The van der Waals surface area contributed by atoms with Gasteiger partial charge in [-0.25, -0.2) is 4.79 Å². The van der Waals surface area contributed by atoms with Gasteiger partial charge in [0.25, 0.3) is 0 Å². The van der Waals surface area contributed by atoms with Gasteiger partial charge in [-0.1, -0.05) is 23.0 Å². The van der Waals surface area contributed by atoms with Gasteiger partial charge in [0.15, 0.2) is 17.3 Å². The average molecular weight is 341 g/mol. The molecule has 2 rings (SSSR count). The Bertz CT molecular complexity index is 702. The molecule has 0 bridgehead atoms. The molecule has 0 saturated carbocycles. The summed E-state index contributed by atoms with van der Waals surface area (Å²) in [4.78, 5) is 24.2. The molecule has 2 aromatic rings. The molecule has 0 spiro atoms. The lowest BCUT2D eigenvalue weighted by molar-refractivity contribution is 0.0478. The first-order valence-corrected chi connectivity index (χ1v) is 7.57. The van der Waals surface area contributed by atoms with Crippen LogP contribution in [0, 0.1) is 0 Å². The molecule has 0 aliphatic heterocycles. The van der Waals surface area contributed by atoms with Crippen molar-refractivity contribution >= 4 is 34.9 Å². The lowest BCUT2D eigenvalue weighted by Gasteiger charge is -2.06. The minimum Gasteiger partial charge on any atom is -0.495 e. The summed E-state index contributed by atoms with van der Waals surface area (Å²) >= 11 is 6.91. The zero-order valence-electron chi connectivity index (χ0n) is 12.0. The van der Waals surface area contributed by atoms with E-state index in [9.17, 15) is 9.59 Å². The van der Waals surface area contributed by atoms with Crippen molar-refractivity contribution in [3.63, 3.8) is 0 Å². The number of esters is 1. The van der Waals surface area contributed by atoms with Crippen molar-refractivity contribution in [1.82, 2.24) is 9.59 Å². The average Bonchev–Trinajstić information content (AvgIpc) is 3.00. The van der Waals surface area contributed by atoms with Crippen LogP contribution in [-0.2, 0) is 11.2 Å². The molecule has 8 heteroatoms. The first-order chi connectivity index (χ1) is 10.6. The molecule has 1 aromatic carbocycles. The maximum atomic E-state index is 12.0. The first kappa shape index (κ1) is 16.4. The number of carbonyl (C=O) groups is 2. The van der Waals surface area contributed by atoms with Crippen LogP contribution in [0.25, 0.3) is 0 Å². The lowest BCUT2D eigenvalue weighted by Crippen LogP contribution is -2.14. The molecule has 0 atom stereocenters. The number of hydrogen-bond acceptors (Lipinski definition) is 7. The number of halogens is 1. The number of hydrogen-bond donors (Lipinski definition) is 0. The molecule has 0 radical (unpaired) electrons. The molecule has 0 N–H and O–H groups in total. The smallest absolute Gasteiger partial charge is 0.352 e. The first-order valence-electron chi connectivity index (χ1n) is 6.41. The maximum absolute atomic E-state index is 12.0. The van der Waals surface area contributed by atoms with E-state index in [-0.39, 0.29) is 12.4 Å². The zero-order valence-corrected chi connectivity index (χ0v) is 13.5. The Labute approximate surface area is 136 Å². The van der Waals surface area contributed by atoms with Crippen molar-refractivity contribution in [1.29, 1.82) is 0 Å². The summed E-state index contributed by atoms with van der Waals surface area (Å²) < 4.78 is 13.7. The fraction of sp³-hybridized carbons (Fsp3) is 0.286. The Balaban J connectivity index is 2.01. The Morgan fingerprint density at radius 3 is 2.77 bits per heavy atom. The van der Waals surface area contributed by atoms with Crippen LogP contribution in [-0.4, -0.2) is 35.1 Å². The van der Waals surface area contributed by atoms with Crippen LogP contribution in [0.4, 0.5) is 0 Å². The third-order valence-electron chi connectivity index (χ3n) is 2.88. The molecule has 0 amide bonds. The number of rotatable bonds is 6. The van der Waals surface area contributed by atoms with Gasteiger partial charge >= 0.3 is 5.97 Å². The van der Waals surface area contributed by atoms with Gasteiger partial charge in [-0.05, 0) is 36.2 Å². The monoisotopic (exact) mass is 340 g/mol. The summed E-state index contributed by atoms with van der Waals surface area (Å²) in [7, 11) is 1.49. The normalized spacial score (nSPS) is 10.3. The summed E-state index contributed by atoms with van der Waals surface area (Å²) in [5.41, 5.74) is 0.909. The predicted molar refractivity (Wildman–Crippen MR) is 81.9 cm³/mol. The topological polar surface area (TPSA) is 78.4 Å². The number of benzene rings is 1. The van der Waals surface area contributed by atoms with Gasteiger partial charge in [0.05, 0.1) is 17.8 Å². The van der Waals surface area contributed by atoms with Gasteiger partial charge in [-0.3, -0.25) is 4.79 Å². The molecule has 1 heterocycles. The van der Waals surface area contributed by atoms with E-state index in [1.165, 1.54) is 13.2 Å². The van der Waals surface area contributed by atoms with Crippen LogP contribution >= 0.6 is 23.1 Å². The molecule has 0 fully saturated rings. The van der Waals surface area contributed by atoms with Crippen molar-refractivity contribution in [2.45, 2.75) is 13.3 Å². The minimum absolute atomic E-state index is 0.319. The Morgan fingerprint density at radius 2 is 2.14 bits per heavy atom. The molecule has 22 heavy (non-hydrogen) atoms. The lowest BCUT2D eigenvalue weighted by atomic mass is 10.1. The van der Waals surface area contributed by atoms with E-state index in [4.69, 9.17) is 21.1 Å². The van der Waals surface area contributed by atoms with E-state index < -0.39 is 5.97 Å². The number of aryl methyl sites for hydroxylation is 1. The largest absolute Gasteiger partial charge is 0.495 e. The summed E-state index contributed by atoms with van der Waals surface area (Å²) in [6.45, 7) is 1.49. The van der Waals surface area contributed by atoms with Crippen LogP contribution in [0.1, 0.15) is 32.6 Å². The van der Waals surface area contributed by atoms with Crippen molar-refractivity contribution < 1.29 is 19.1 Å². The Hall–Kier alpha value is -1.99. The summed E-state index contributed by atoms with van der Waals surface area (Å²) in [5.74, 6) is -0.480. The second-order valence-electron chi connectivity index (χ2n) is 4.25. The van der Waals surface area contributed by atoms with Crippen molar-refractivity contribution in [3.8, 4) is 5.75 Å². The molecule has 0 saturated heterocycles. The number of Topliss-reactive ketones (excluding diaryl/α,β-unsaturated/α-hetero) is 1. The highest BCUT2D eigenvalue weighted by Crippen LogP contribution is 2.25. The van der Waals surface area contributed by atoms with Crippen molar-refractivity contribution in [3.05, 3.63) is 39.4 Å². The third-order valence-corrected chi connectivity index (χ3v) is 3.93. The zero-order chi connectivity index (χ0) is 16.1. The molecule has 0 unspecified atom stereocenters. The molecule has 0 aliphatic carbocycles. The summed E-state index contributed by atoms with van der Waals surface area (Å²) in [5, 5.41) is 4.14. The van der Waals surface area contributed by atoms with E-state index >= 15 is 0 Å². The number of ketones is 1. The van der Waals surface area contributed by atoms with E-state index in [1.54, 1.807) is 12.1 Å². The van der Waals surface area contributed by atoms with E-state index in [0.29, 0.717) is 33.3 Å². The number of aromatic nitrogens is 2. The highest BCUT2D eigenvalue weighted by Gasteiger charge is 2.18. The summed E-state index contributed by atoms with van der Waals surface area (Å²) in [6.07, 6.45) is 0.572. The minimum atomic E-state index is -0.597. The highest BCUT2D eigenvalue weighted by atomic mass is 35.5. The number of nitrogens with zero attached hydrogens (tertiary/aromatic N) is 2. The van der Waals surface area contributed by atoms with Crippen LogP contribution in [0.5, 0.6) is 5.75 Å².